The Morgan fingerprint density at radius 3 is 2.48 bits per heavy atom. The Hall–Kier alpha value is -2.76. The fraction of sp³-hybridized carbons (Fsp3) is 0.500. The van der Waals surface area contributed by atoms with E-state index in [2.05, 4.69) is 28.0 Å². The van der Waals surface area contributed by atoms with Gasteiger partial charge in [-0.2, -0.15) is 9.40 Å². The predicted octanol–water partition coefficient (Wildman–Crippen LogP) is 2.21. The van der Waals surface area contributed by atoms with Crippen molar-refractivity contribution in [3.8, 4) is 0 Å². The molecule has 0 spiro atoms. The maximum atomic E-state index is 12.9. The lowest BCUT2D eigenvalue weighted by atomic mass is 10.1. The number of hydrogen-bond acceptors (Lipinski definition) is 6. The minimum Gasteiger partial charge on any atom is -0.322 e. The van der Waals surface area contributed by atoms with E-state index in [1.807, 2.05) is 0 Å². The number of hydrogen-bond donors (Lipinski definition) is 3. The lowest BCUT2D eigenvalue weighted by molar-refractivity contribution is -0.125. The molecule has 1 aliphatic heterocycles. The van der Waals surface area contributed by atoms with Crippen molar-refractivity contribution in [2.45, 2.75) is 64.2 Å². The van der Waals surface area contributed by atoms with E-state index in [4.69, 9.17) is 0 Å². The molecule has 1 aromatic heterocycles. The molecule has 3 N–H and O–H groups in total. The van der Waals surface area contributed by atoms with Crippen molar-refractivity contribution in [2.24, 2.45) is 0 Å². The Kier molecular flexibility index (Phi) is 7.88. The molecular formula is C22H32N6O4S. The summed E-state index contributed by atoms with van der Waals surface area (Å²) in [6.45, 7) is 8.16. The standard InChI is InChI=1S/C22H32N6O4S/c1-5-8-17-14-20(29)25-22(23-17)28-19(13-15(4)26-28)24-21(30)16-9-11-18(12-10-16)33(31,32)27(6-2)7-3/h9-13,17,22-23H,5-8,14H2,1-4H3,(H,24,30)(H,25,29). The fourth-order valence-electron chi connectivity index (χ4n) is 3.91. The van der Waals surface area contributed by atoms with E-state index in [0.717, 1.165) is 12.8 Å². The van der Waals surface area contributed by atoms with Gasteiger partial charge in [-0.25, -0.2) is 13.1 Å². The second-order valence-corrected chi connectivity index (χ2v) is 9.95. The maximum Gasteiger partial charge on any atom is 0.256 e. The van der Waals surface area contributed by atoms with Crippen LogP contribution in [0.4, 0.5) is 5.82 Å². The normalized spacial score (nSPS) is 18.9. The number of anilines is 1. The van der Waals surface area contributed by atoms with Crippen molar-refractivity contribution in [3.63, 3.8) is 0 Å². The fourth-order valence-corrected chi connectivity index (χ4v) is 5.37. The molecule has 2 amide bonds. The first-order valence-corrected chi connectivity index (χ1v) is 12.7. The summed E-state index contributed by atoms with van der Waals surface area (Å²) in [4.78, 5) is 25.2. The summed E-state index contributed by atoms with van der Waals surface area (Å²) >= 11 is 0. The minimum atomic E-state index is -3.60. The number of aromatic nitrogens is 2. The third kappa shape index (κ3) is 5.60. The zero-order valence-corrected chi connectivity index (χ0v) is 20.3. The number of benzene rings is 1. The number of nitrogens with one attached hydrogen (secondary N) is 3. The highest BCUT2D eigenvalue weighted by atomic mass is 32.2. The molecule has 10 nitrogen and oxygen atoms in total. The molecule has 2 heterocycles. The maximum absolute atomic E-state index is 12.9. The summed E-state index contributed by atoms with van der Waals surface area (Å²) in [6.07, 6.45) is 1.62. The van der Waals surface area contributed by atoms with Crippen LogP contribution < -0.4 is 16.0 Å². The van der Waals surface area contributed by atoms with Crippen LogP contribution >= 0.6 is 0 Å². The molecular weight excluding hydrogens is 444 g/mol. The summed E-state index contributed by atoms with van der Waals surface area (Å²) < 4.78 is 28.2. The average Bonchev–Trinajstić information content (AvgIpc) is 3.14. The van der Waals surface area contributed by atoms with Crippen LogP contribution in [0.5, 0.6) is 0 Å². The van der Waals surface area contributed by atoms with Crippen molar-refractivity contribution in [2.75, 3.05) is 18.4 Å². The average molecular weight is 477 g/mol. The van der Waals surface area contributed by atoms with Crippen LogP contribution in [0.3, 0.4) is 0 Å². The highest BCUT2D eigenvalue weighted by Gasteiger charge is 2.29. The van der Waals surface area contributed by atoms with Gasteiger partial charge in [-0.1, -0.05) is 27.2 Å². The van der Waals surface area contributed by atoms with Crippen LogP contribution in [0, 0.1) is 6.92 Å². The molecule has 2 aromatic rings. The number of carbonyl (C=O) groups is 2. The third-order valence-electron chi connectivity index (χ3n) is 5.56. The van der Waals surface area contributed by atoms with Gasteiger partial charge in [-0.05, 0) is 37.6 Å². The second kappa shape index (κ2) is 10.4. The molecule has 0 radical (unpaired) electrons. The number of nitrogens with zero attached hydrogens (tertiary/aromatic N) is 3. The molecule has 2 atom stereocenters. The van der Waals surface area contributed by atoms with Crippen LogP contribution in [-0.2, 0) is 14.8 Å². The van der Waals surface area contributed by atoms with Crippen molar-refractivity contribution < 1.29 is 18.0 Å². The molecule has 1 saturated heterocycles. The van der Waals surface area contributed by atoms with Gasteiger partial charge < -0.3 is 10.6 Å². The zero-order chi connectivity index (χ0) is 24.2. The summed E-state index contributed by atoms with van der Waals surface area (Å²) in [5.74, 6) is -0.0601. The van der Waals surface area contributed by atoms with E-state index in [1.54, 1.807) is 31.5 Å². The molecule has 1 aliphatic rings. The first-order valence-electron chi connectivity index (χ1n) is 11.2. The Bertz CT molecular complexity index is 1090. The summed E-state index contributed by atoms with van der Waals surface area (Å²) in [7, 11) is -3.60. The Balaban J connectivity index is 1.78. The summed E-state index contributed by atoms with van der Waals surface area (Å²) in [5, 5.41) is 13.5. The SMILES string of the molecule is CCCC1CC(=O)NC(n2nc(C)cc2NC(=O)c2ccc(S(=O)(=O)N(CC)CC)cc2)N1. The number of carbonyl (C=O) groups excluding carboxylic acids is 2. The van der Waals surface area contributed by atoms with Crippen molar-refractivity contribution in [1.29, 1.82) is 0 Å². The lowest BCUT2D eigenvalue weighted by Crippen LogP contribution is -2.53. The lowest BCUT2D eigenvalue weighted by Gasteiger charge is -2.32. The minimum absolute atomic E-state index is 0.0297. The van der Waals surface area contributed by atoms with E-state index in [9.17, 15) is 18.0 Å². The van der Waals surface area contributed by atoms with Crippen LogP contribution in [-0.4, -0.2) is 53.4 Å². The van der Waals surface area contributed by atoms with Gasteiger partial charge in [0, 0.05) is 37.2 Å². The Morgan fingerprint density at radius 1 is 1.21 bits per heavy atom. The van der Waals surface area contributed by atoms with Gasteiger partial charge in [0.25, 0.3) is 5.91 Å². The Morgan fingerprint density at radius 2 is 1.88 bits per heavy atom. The largest absolute Gasteiger partial charge is 0.322 e. The third-order valence-corrected chi connectivity index (χ3v) is 7.63. The quantitative estimate of drug-likeness (QED) is 0.510. The summed E-state index contributed by atoms with van der Waals surface area (Å²) in [5.41, 5.74) is 0.989. The molecule has 0 aliphatic carbocycles. The van der Waals surface area contributed by atoms with Gasteiger partial charge in [0.2, 0.25) is 15.9 Å². The number of rotatable bonds is 9. The predicted molar refractivity (Wildman–Crippen MR) is 125 cm³/mol. The molecule has 3 rings (SSSR count). The van der Waals surface area contributed by atoms with Crippen LogP contribution in [0.2, 0.25) is 0 Å². The molecule has 0 saturated carbocycles. The molecule has 11 heteroatoms. The molecule has 1 fully saturated rings. The monoisotopic (exact) mass is 476 g/mol. The van der Waals surface area contributed by atoms with Gasteiger partial charge in [0.15, 0.2) is 6.29 Å². The highest BCUT2D eigenvalue weighted by molar-refractivity contribution is 7.89. The first-order chi connectivity index (χ1) is 15.7. The summed E-state index contributed by atoms with van der Waals surface area (Å²) in [6, 6.07) is 7.58. The number of aryl methyl sites for hydroxylation is 1. The van der Waals surface area contributed by atoms with E-state index in [-0.39, 0.29) is 16.8 Å². The van der Waals surface area contributed by atoms with Gasteiger partial charge in [0.1, 0.15) is 5.82 Å². The Labute approximate surface area is 194 Å². The van der Waals surface area contributed by atoms with Gasteiger partial charge in [0.05, 0.1) is 10.6 Å². The van der Waals surface area contributed by atoms with Crippen LogP contribution in [0.15, 0.2) is 35.2 Å². The molecule has 1 aromatic carbocycles. The first kappa shape index (κ1) is 24.9. The van der Waals surface area contributed by atoms with E-state index < -0.39 is 22.2 Å². The molecule has 2 unspecified atom stereocenters. The molecule has 0 bridgehead atoms. The zero-order valence-electron chi connectivity index (χ0n) is 19.5. The van der Waals surface area contributed by atoms with Crippen molar-refractivity contribution in [3.05, 3.63) is 41.6 Å². The van der Waals surface area contributed by atoms with E-state index >= 15 is 0 Å². The highest BCUT2D eigenvalue weighted by Crippen LogP contribution is 2.21. The number of sulfonamides is 1. The van der Waals surface area contributed by atoms with E-state index in [0.29, 0.717) is 36.6 Å². The van der Waals surface area contributed by atoms with Gasteiger partial charge in [-0.3, -0.25) is 14.9 Å². The molecule has 180 valence electrons. The smallest absolute Gasteiger partial charge is 0.256 e. The molecule has 33 heavy (non-hydrogen) atoms. The van der Waals surface area contributed by atoms with Crippen molar-refractivity contribution in [1.82, 2.24) is 24.7 Å². The van der Waals surface area contributed by atoms with Crippen LogP contribution in [0.25, 0.3) is 0 Å². The van der Waals surface area contributed by atoms with Gasteiger partial charge in [-0.15, -0.1) is 0 Å². The van der Waals surface area contributed by atoms with Gasteiger partial charge >= 0.3 is 0 Å². The van der Waals surface area contributed by atoms with Crippen LogP contribution in [0.1, 0.15) is 62.4 Å². The van der Waals surface area contributed by atoms with E-state index in [1.165, 1.54) is 28.6 Å². The van der Waals surface area contributed by atoms with Crippen molar-refractivity contribution >= 4 is 27.7 Å². The number of amides is 2. The topological polar surface area (TPSA) is 125 Å². The second-order valence-electron chi connectivity index (χ2n) is 8.01.